The predicted molar refractivity (Wildman–Crippen MR) is 92.2 cm³/mol. The number of ether oxygens (including phenoxy) is 2. The van der Waals surface area contributed by atoms with E-state index in [1.165, 1.54) is 0 Å². The van der Waals surface area contributed by atoms with Gasteiger partial charge >= 0.3 is 5.97 Å². The summed E-state index contributed by atoms with van der Waals surface area (Å²) in [6.07, 6.45) is 0.112. The number of carbonyl (C=O) groups excluding carboxylic acids is 2. The lowest BCUT2D eigenvalue weighted by molar-refractivity contribution is -0.146. The van der Waals surface area contributed by atoms with Crippen LogP contribution in [0.25, 0.3) is 0 Å². The molecule has 0 aliphatic heterocycles. The molecule has 0 aliphatic carbocycles. The zero-order valence-electron chi connectivity index (χ0n) is 14.1. The summed E-state index contributed by atoms with van der Waals surface area (Å²) in [7, 11) is 1.58. The number of aryl methyl sites for hydroxylation is 2. The molecule has 0 heterocycles. The Balaban J connectivity index is 1.79. The van der Waals surface area contributed by atoms with Crippen molar-refractivity contribution in [2.45, 2.75) is 20.3 Å². The topological polar surface area (TPSA) is 64.6 Å². The Bertz CT molecular complexity index is 723. The molecule has 126 valence electrons. The molecule has 2 rings (SSSR count). The van der Waals surface area contributed by atoms with Crippen LogP contribution in [-0.2, 0) is 20.7 Å². The van der Waals surface area contributed by atoms with E-state index in [-0.39, 0.29) is 18.9 Å². The molecule has 0 spiro atoms. The summed E-state index contributed by atoms with van der Waals surface area (Å²) in [4.78, 5) is 23.6. The van der Waals surface area contributed by atoms with Crippen molar-refractivity contribution in [2.75, 3.05) is 19.0 Å². The molecule has 0 atom stereocenters. The first-order valence-electron chi connectivity index (χ1n) is 7.63. The summed E-state index contributed by atoms with van der Waals surface area (Å²) < 4.78 is 10.1. The number of nitrogens with one attached hydrogen (secondary N) is 1. The largest absolute Gasteiger partial charge is 0.497 e. The van der Waals surface area contributed by atoms with Crippen molar-refractivity contribution in [2.24, 2.45) is 0 Å². The number of methoxy groups -OCH3 is 1. The molecule has 0 saturated heterocycles. The molecule has 5 nitrogen and oxygen atoms in total. The average Bonchev–Trinajstić information content (AvgIpc) is 2.57. The van der Waals surface area contributed by atoms with Crippen molar-refractivity contribution < 1.29 is 19.1 Å². The van der Waals surface area contributed by atoms with Crippen LogP contribution in [0, 0.1) is 13.8 Å². The number of carbonyl (C=O) groups is 2. The lowest BCUT2D eigenvalue weighted by Gasteiger charge is -2.08. The zero-order valence-corrected chi connectivity index (χ0v) is 14.1. The second kappa shape index (κ2) is 8.15. The van der Waals surface area contributed by atoms with Gasteiger partial charge in [0.15, 0.2) is 6.61 Å². The normalized spacial score (nSPS) is 10.1. The van der Waals surface area contributed by atoms with Gasteiger partial charge in [0.2, 0.25) is 0 Å². The Kier molecular flexibility index (Phi) is 5.95. The van der Waals surface area contributed by atoms with Gasteiger partial charge in [-0.05, 0) is 54.8 Å². The van der Waals surface area contributed by atoms with E-state index in [1.807, 2.05) is 32.0 Å². The van der Waals surface area contributed by atoms with Gasteiger partial charge in [-0.1, -0.05) is 18.2 Å². The predicted octanol–water partition coefficient (Wildman–Crippen LogP) is 3.04. The maximum absolute atomic E-state index is 11.8. The highest BCUT2D eigenvalue weighted by Gasteiger charge is 2.09. The summed E-state index contributed by atoms with van der Waals surface area (Å²) >= 11 is 0. The first-order chi connectivity index (χ1) is 11.5. The Morgan fingerprint density at radius 2 is 1.71 bits per heavy atom. The third kappa shape index (κ3) is 5.12. The minimum Gasteiger partial charge on any atom is -0.497 e. The molecule has 0 saturated carbocycles. The molecule has 1 N–H and O–H groups in total. The molecular weight excluding hydrogens is 306 g/mol. The van der Waals surface area contributed by atoms with Crippen LogP contribution in [0.3, 0.4) is 0 Å². The highest BCUT2D eigenvalue weighted by atomic mass is 16.5. The summed E-state index contributed by atoms with van der Waals surface area (Å²) in [6.45, 7) is 3.67. The van der Waals surface area contributed by atoms with Gasteiger partial charge in [0, 0.05) is 5.69 Å². The molecule has 24 heavy (non-hydrogen) atoms. The number of benzene rings is 2. The minimum absolute atomic E-state index is 0.112. The van der Waals surface area contributed by atoms with Crippen LogP contribution in [0.15, 0.2) is 42.5 Å². The lowest BCUT2D eigenvalue weighted by Crippen LogP contribution is -2.21. The van der Waals surface area contributed by atoms with Crippen molar-refractivity contribution in [1.82, 2.24) is 0 Å². The second-order valence-electron chi connectivity index (χ2n) is 5.53. The van der Waals surface area contributed by atoms with Gasteiger partial charge in [0.1, 0.15) is 5.75 Å². The molecule has 0 bridgehead atoms. The Morgan fingerprint density at radius 1 is 1.00 bits per heavy atom. The number of anilines is 1. The highest BCUT2D eigenvalue weighted by molar-refractivity contribution is 5.93. The fraction of sp³-hybridized carbons (Fsp3) is 0.263. The second-order valence-corrected chi connectivity index (χ2v) is 5.53. The minimum atomic E-state index is -0.449. The number of esters is 1. The van der Waals surface area contributed by atoms with Gasteiger partial charge in [-0.15, -0.1) is 0 Å². The standard InChI is InChI=1S/C19H21NO4/c1-13-4-7-16(10-14(13)2)20-18(21)12-24-19(22)11-15-5-8-17(23-3)9-6-15/h4-10H,11-12H2,1-3H3,(H,20,21). The monoisotopic (exact) mass is 327 g/mol. The molecule has 2 aromatic carbocycles. The average molecular weight is 327 g/mol. The Hall–Kier alpha value is -2.82. The quantitative estimate of drug-likeness (QED) is 0.828. The molecule has 0 aromatic heterocycles. The Morgan fingerprint density at radius 3 is 2.33 bits per heavy atom. The van der Waals surface area contributed by atoms with Crippen molar-refractivity contribution >= 4 is 17.6 Å². The fourth-order valence-electron chi connectivity index (χ4n) is 2.12. The van der Waals surface area contributed by atoms with Gasteiger partial charge in [0.25, 0.3) is 5.91 Å². The zero-order chi connectivity index (χ0) is 17.5. The van der Waals surface area contributed by atoms with Crippen LogP contribution in [-0.4, -0.2) is 25.6 Å². The summed E-state index contributed by atoms with van der Waals surface area (Å²) in [6, 6.07) is 12.8. The van der Waals surface area contributed by atoms with Crippen LogP contribution < -0.4 is 10.1 Å². The third-order valence-corrected chi connectivity index (χ3v) is 3.66. The summed E-state index contributed by atoms with van der Waals surface area (Å²) in [5.74, 6) is -0.0865. The molecule has 0 fully saturated rings. The molecule has 0 unspecified atom stereocenters. The molecule has 0 aliphatic rings. The molecule has 5 heteroatoms. The van der Waals surface area contributed by atoms with Gasteiger partial charge in [-0.25, -0.2) is 0 Å². The van der Waals surface area contributed by atoms with E-state index < -0.39 is 5.97 Å². The molecule has 2 aromatic rings. The number of rotatable bonds is 6. The van der Waals surface area contributed by atoms with E-state index in [0.717, 1.165) is 22.4 Å². The van der Waals surface area contributed by atoms with Crippen LogP contribution in [0.4, 0.5) is 5.69 Å². The lowest BCUT2D eigenvalue weighted by atomic mass is 10.1. The number of hydrogen-bond donors (Lipinski definition) is 1. The van der Waals surface area contributed by atoms with E-state index in [1.54, 1.807) is 31.4 Å². The summed E-state index contributed by atoms with van der Waals surface area (Å²) in [5, 5.41) is 2.71. The van der Waals surface area contributed by atoms with Crippen LogP contribution >= 0.6 is 0 Å². The first-order valence-corrected chi connectivity index (χ1v) is 7.63. The Labute approximate surface area is 141 Å². The molecule has 1 amide bonds. The van der Waals surface area contributed by atoms with E-state index in [2.05, 4.69) is 5.32 Å². The van der Waals surface area contributed by atoms with Gasteiger partial charge in [-0.3, -0.25) is 9.59 Å². The van der Waals surface area contributed by atoms with Crippen molar-refractivity contribution in [3.63, 3.8) is 0 Å². The van der Waals surface area contributed by atoms with Crippen LogP contribution in [0.5, 0.6) is 5.75 Å². The van der Waals surface area contributed by atoms with Gasteiger partial charge in [-0.2, -0.15) is 0 Å². The third-order valence-electron chi connectivity index (χ3n) is 3.66. The van der Waals surface area contributed by atoms with Crippen molar-refractivity contribution in [3.8, 4) is 5.75 Å². The maximum atomic E-state index is 11.8. The SMILES string of the molecule is COc1ccc(CC(=O)OCC(=O)Nc2ccc(C)c(C)c2)cc1. The van der Waals surface area contributed by atoms with E-state index in [0.29, 0.717) is 5.69 Å². The summed E-state index contributed by atoms with van der Waals surface area (Å²) in [5.41, 5.74) is 3.73. The first kappa shape index (κ1) is 17.5. The van der Waals surface area contributed by atoms with Crippen molar-refractivity contribution in [1.29, 1.82) is 0 Å². The number of amides is 1. The van der Waals surface area contributed by atoms with E-state index in [4.69, 9.17) is 9.47 Å². The number of hydrogen-bond acceptors (Lipinski definition) is 4. The van der Waals surface area contributed by atoms with Gasteiger partial charge < -0.3 is 14.8 Å². The molecule has 0 radical (unpaired) electrons. The van der Waals surface area contributed by atoms with Crippen LogP contribution in [0.1, 0.15) is 16.7 Å². The van der Waals surface area contributed by atoms with Crippen LogP contribution in [0.2, 0.25) is 0 Å². The maximum Gasteiger partial charge on any atom is 0.310 e. The fourth-order valence-corrected chi connectivity index (χ4v) is 2.12. The van der Waals surface area contributed by atoms with Crippen molar-refractivity contribution in [3.05, 3.63) is 59.2 Å². The van der Waals surface area contributed by atoms with E-state index >= 15 is 0 Å². The smallest absolute Gasteiger partial charge is 0.310 e. The van der Waals surface area contributed by atoms with Gasteiger partial charge in [0.05, 0.1) is 13.5 Å². The van der Waals surface area contributed by atoms with E-state index in [9.17, 15) is 9.59 Å². The molecular formula is C19H21NO4. The highest BCUT2D eigenvalue weighted by Crippen LogP contribution is 2.14.